The number of methoxy groups -OCH3 is 1. The first-order valence-electron chi connectivity index (χ1n) is 5.66. The first kappa shape index (κ1) is 12.8. The molecule has 0 heterocycles. The monoisotopic (exact) mass is 256 g/mol. The lowest BCUT2D eigenvalue weighted by Gasteiger charge is -2.04. The van der Waals surface area contributed by atoms with Crippen molar-refractivity contribution in [3.8, 4) is 5.75 Å². The molecule has 0 aliphatic rings. The van der Waals surface area contributed by atoms with Crippen LogP contribution < -0.4 is 4.74 Å². The molecule has 0 saturated heterocycles. The molecule has 96 valence electrons. The van der Waals surface area contributed by atoms with E-state index in [9.17, 15) is 9.59 Å². The number of hydrogen-bond donors (Lipinski definition) is 0. The molecule has 2 aromatic rings. The van der Waals surface area contributed by atoms with Crippen LogP contribution in [-0.2, 0) is 4.74 Å². The van der Waals surface area contributed by atoms with Crippen LogP contribution in [0.2, 0.25) is 0 Å². The number of esters is 2. The lowest BCUT2D eigenvalue weighted by Crippen LogP contribution is -2.12. The van der Waals surface area contributed by atoms with E-state index in [1.165, 1.54) is 13.2 Å². The Morgan fingerprint density at radius 2 is 1.47 bits per heavy atom. The maximum Gasteiger partial charge on any atom is 0.346 e. The predicted molar refractivity (Wildman–Crippen MR) is 69.2 cm³/mol. The summed E-state index contributed by atoms with van der Waals surface area (Å²) in [5, 5.41) is 0. The van der Waals surface area contributed by atoms with Crippen molar-refractivity contribution in [3.63, 3.8) is 0 Å². The van der Waals surface area contributed by atoms with Crippen LogP contribution in [0.25, 0.3) is 0 Å². The highest BCUT2D eigenvalue weighted by molar-refractivity contribution is 6.02. The third kappa shape index (κ3) is 3.19. The van der Waals surface area contributed by atoms with Crippen LogP contribution in [0.5, 0.6) is 5.75 Å². The number of rotatable bonds is 3. The summed E-state index contributed by atoms with van der Waals surface area (Å²) in [5.74, 6) is -0.845. The fourth-order valence-corrected chi connectivity index (χ4v) is 1.53. The summed E-state index contributed by atoms with van der Waals surface area (Å²) in [7, 11) is 1.50. The van der Waals surface area contributed by atoms with E-state index in [4.69, 9.17) is 9.47 Å². The van der Waals surface area contributed by atoms with Crippen LogP contribution in [0, 0.1) is 0 Å². The lowest BCUT2D eigenvalue weighted by atomic mass is 10.2. The van der Waals surface area contributed by atoms with Crippen molar-refractivity contribution < 1.29 is 19.1 Å². The van der Waals surface area contributed by atoms with Gasteiger partial charge in [0.05, 0.1) is 18.2 Å². The van der Waals surface area contributed by atoms with Crippen molar-refractivity contribution in [2.45, 2.75) is 0 Å². The van der Waals surface area contributed by atoms with Crippen LogP contribution in [0.1, 0.15) is 20.7 Å². The molecule has 4 heteroatoms. The van der Waals surface area contributed by atoms with Gasteiger partial charge in [0.25, 0.3) is 0 Å². The molecule has 0 aliphatic carbocycles. The van der Waals surface area contributed by atoms with Gasteiger partial charge < -0.3 is 9.47 Å². The molecule has 0 aromatic heterocycles. The molecule has 0 unspecified atom stereocenters. The van der Waals surface area contributed by atoms with Gasteiger partial charge in [0.2, 0.25) is 0 Å². The zero-order valence-corrected chi connectivity index (χ0v) is 10.3. The predicted octanol–water partition coefficient (Wildman–Crippen LogP) is 2.69. The first-order valence-corrected chi connectivity index (χ1v) is 5.66. The van der Waals surface area contributed by atoms with E-state index in [1.54, 1.807) is 48.5 Å². The third-order valence-electron chi connectivity index (χ3n) is 2.50. The Labute approximate surface area is 110 Å². The minimum atomic E-state index is -0.701. The topological polar surface area (TPSA) is 52.6 Å². The third-order valence-corrected chi connectivity index (χ3v) is 2.50. The fourth-order valence-electron chi connectivity index (χ4n) is 1.53. The fraction of sp³-hybridized carbons (Fsp3) is 0.0667. The van der Waals surface area contributed by atoms with Crippen molar-refractivity contribution in [1.82, 2.24) is 0 Å². The molecular weight excluding hydrogens is 244 g/mol. The second-order valence-corrected chi connectivity index (χ2v) is 3.77. The van der Waals surface area contributed by atoms with E-state index in [2.05, 4.69) is 0 Å². The second-order valence-electron chi connectivity index (χ2n) is 3.77. The molecule has 19 heavy (non-hydrogen) atoms. The van der Waals surface area contributed by atoms with E-state index in [1.807, 2.05) is 0 Å². The quantitative estimate of drug-likeness (QED) is 0.626. The molecule has 0 atom stereocenters. The summed E-state index contributed by atoms with van der Waals surface area (Å²) in [4.78, 5) is 23.5. The Morgan fingerprint density at radius 1 is 0.842 bits per heavy atom. The SMILES string of the molecule is COc1cccc(C(=O)OC(=O)c2ccccc2)c1. The van der Waals surface area contributed by atoms with Crippen LogP contribution in [-0.4, -0.2) is 19.0 Å². The smallest absolute Gasteiger partial charge is 0.346 e. The van der Waals surface area contributed by atoms with Gasteiger partial charge in [0.1, 0.15) is 5.75 Å². The Morgan fingerprint density at radius 3 is 2.16 bits per heavy atom. The van der Waals surface area contributed by atoms with Crippen LogP contribution >= 0.6 is 0 Å². The largest absolute Gasteiger partial charge is 0.497 e. The number of carbonyl (C=O) groups excluding carboxylic acids is 2. The highest BCUT2D eigenvalue weighted by Crippen LogP contribution is 2.14. The highest BCUT2D eigenvalue weighted by Gasteiger charge is 2.14. The zero-order chi connectivity index (χ0) is 13.7. The van der Waals surface area contributed by atoms with Gasteiger partial charge in [0, 0.05) is 0 Å². The van der Waals surface area contributed by atoms with Crippen molar-refractivity contribution in [2.75, 3.05) is 7.11 Å². The summed E-state index contributed by atoms with van der Waals surface area (Å²) in [6, 6.07) is 14.8. The van der Waals surface area contributed by atoms with Gasteiger partial charge in [-0.05, 0) is 30.3 Å². The Kier molecular flexibility index (Phi) is 3.93. The summed E-state index contributed by atoms with van der Waals surface area (Å²) < 4.78 is 9.79. The average Bonchev–Trinajstić information content (AvgIpc) is 2.48. The van der Waals surface area contributed by atoms with Gasteiger partial charge in [-0.2, -0.15) is 0 Å². The molecule has 0 N–H and O–H groups in total. The Hall–Kier alpha value is -2.62. The average molecular weight is 256 g/mol. The summed E-state index contributed by atoms with van der Waals surface area (Å²) >= 11 is 0. The molecule has 2 aromatic carbocycles. The van der Waals surface area contributed by atoms with Gasteiger partial charge in [0.15, 0.2) is 0 Å². The van der Waals surface area contributed by atoms with Gasteiger partial charge in [-0.1, -0.05) is 24.3 Å². The minimum Gasteiger partial charge on any atom is -0.497 e. The normalized spacial score (nSPS) is 9.74. The summed E-state index contributed by atoms with van der Waals surface area (Å²) in [6.07, 6.45) is 0. The number of benzene rings is 2. The maximum atomic E-state index is 11.8. The van der Waals surface area contributed by atoms with E-state index >= 15 is 0 Å². The lowest BCUT2D eigenvalue weighted by molar-refractivity contribution is 0.0397. The maximum absolute atomic E-state index is 11.8. The van der Waals surface area contributed by atoms with Crippen molar-refractivity contribution in [1.29, 1.82) is 0 Å². The number of hydrogen-bond acceptors (Lipinski definition) is 4. The molecular formula is C15H12O4. The number of ether oxygens (including phenoxy) is 2. The zero-order valence-electron chi connectivity index (χ0n) is 10.3. The van der Waals surface area contributed by atoms with Gasteiger partial charge in [-0.3, -0.25) is 0 Å². The molecule has 0 radical (unpaired) electrons. The van der Waals surface area contributed by atoms with E-state index in [0.717, 1.165) is 0 Å². The highest BCUT2D eigenvalue weighted by atomic mass is 16.6. The molecule has 0 aliphatic heterocycles. The van der Waals surface area contributed by atoms with Gasteiger partial charge in [-0.25, -0.2) is 9.59 Å². The van der Waals surface area contributed by atoms with Crippen molar-refractivity contribution >= 4 is 11.9 Å². The van der Waals surface area contributed by atoms with E-state index < -0.39 is 11.9 Å². The Bertz CT molecular complexity index is 590. The second kappa shape index (κ2) is 5.82. The van der Waals surface area contributed by atoms with E-state index in [-0.39, 0.29) is 5.56 Å². The minimum absolute atomic E-state index is 0.267. The van der Waals surface area contributed by atoms with Crippen molar-refractivity contribution in [3.05, 3.63) is 65.7 Å². The van der Waals surface area contributed by atoms with Gasteiger partial charge >= 0.3 is 11.9 Å². The molecule has 4 nitrogen and oxygen atoms in total. The van der Waals surface area contributed by atoms with Gasteiger partial charge in [-0.15, -0.1) is 0 Å². The van der Waals surface area contributed by atoms with E-state index in [0.29, 0.717) is 11.3 Å². The van der Waals surface area contributed by atoms with Crippen LogP contribution in [0.3, 0.4) is 0 Å². The molecule has 0 saturated carbocycles. The summed E-state index contributed by atoms with van der Waals surface area (Å²) in [5.41, 5.74) is 0.599. The molecule has 0 spiro atoms. The van der Waals surface area contributed by atoms with Crippen molar-refractivity contribution in [2.24, 2.45) is 0 Å². The van der Waals surface area contributed by atoms with Crippen LogP contribution in [0.15, 0.2) is 54.6 Å². The number of carbonyl (C=O) groups is 2. The first-order chi connectivity index (χ1) is 9.20. The Balaban J connectivity index is 2.11. The van der Waals surface area contributed by atoms with Crippen LogP contribution in [0.4, 0.5) is 0 Å². The summed E-state index contributed by atoms with van der Waals surface area (Å²) in [6.45, 7) is 0. The molecule has 0 amide bonds. The molecule has 0 fully saturated rings. The molecule has 0 bridgehead atoms. The molecule has 2 rings (SSSR count). The standard InChI is InChI=1S/C15H12O4/c1-18-13-9-5-8-12(10-13)15(17)19-14(16)11-6-3-2-4-7-11/h2-10H,1H3.